The van der Waals surface area contributed by atoms with Gasteiger partial charge in [-0.15, -0.1) is 0 Å². The third kappa shape index (κ3) is 5.46. The summed E-state index contributed by atoms with van der Waals surface area (Å²) in [5.74, 6) is -4.83. The van der Waals surface area contributed by atoms with Gasteiger partial charge < -0.3 is 30.3 Å². The lowest BCUT2D eigenvalue weighted by molar-refractivity contribution is -0.141. The molecule has 2 heterocycles. The van der Waals surface area contributed by atoms with Gasteiger partial charge in [0.05, 0.1) is 6.61 Å². The molecule has 3 atom stereocenters. The van der Waals surface area contributed by atoms with Crippen molar-refractivity contribution in [1.82, 2.24) is 14.9 Å². The number of hydrogen-bond donors (Lipinski definition) is 4. The lowest BCUT2D eigenvalue weighted by Gasteiger charge is -2.21. The van der Waals surface area contributed by atoms with E-state index in [1.807, 2.05) is 0 Å². The Morgan fingerprint density at radius 2 is 2.07 bits per heavy atom. The fourth-order valence-electron chi connectivity index (χ4n) is 2.43. The van der Waals surface area contributed by atoms with Crippen LogP contribution in [-0.4, -0.2) is 68.6 Å². The summed E-state index contributed by atoms with van der Waals surface area (Å²) in [6.07, 6.45) is -5.97. The van der Waals surface area contributed by atoms with E-state index in [4.69, 9.17) is 14.6 Å². The predicted molar refractivity (Wildman–Crippen MR) is 93.3 cm³/mol. The highest BCUT2D eigenvalue weighted by molar-refractivity contribution is 5.92. The fourth-order valence-corrected chi connectivity index (χ4v) is 2.43. The maximum Gasteiger partial charge on any atom is 0.408 e. The lowest BCUT2D eigenvalue weighted by Crippen LogP contribution is -2.42. The van der Waals surface area contributed by atoms with E-state index in [1.54, 1.807) is 20.8 Å². The molecule has 0 unspecified atom stereocenters. The van der Waals surface area contributed by atoms with Crippen LogP contribution in [0, 0.1) is 0 Å². The number of hydrogen-bond acceptors (Lipinski definition) is 8. The van der Waals surface area contributed by atoms with Crippen molar-refractivity contribution in [3.63, 3.8) is 0 Å². The van der Waals surface area contributed by atoms with Gasteiger partial charge in [0.1, 0.15) is 24.1 Å². The molecule has 2 rings (SSSR count). The zero-order valence-corrected chi connectivity index (χ0v) is 15.9. The molecule has 162 valence electrons. The zero-order chi connectivity index (χ0) is 22.0. The van der Waals surface area contributed by atoms with Crippen molar-refractivity contribution < 1.29 is 38.1 Å². The predicted octanol–water partition coefficient (Wildman–Crippen LogP) is -0.408. The van der Waals surface area contributed by atoms with Gasteiger partial charge in [-0.2, -0.15) is 13.8 Å². The number of alkyl carbamates (subject to hydrolysis) is 1. The van der Waals surface area contributed by atoms with Crippen molar-refractivity contribution in [3.8, 4) is 0 Å². The minimum absolute atomic E-state index is 0.247. The molecular formula is C16H22F2N4O7. The number of aliphatic hydroxyl groups excluding tert-OH is 2. The quantitative estimate of drug-likeness (QED) is 0.502. The lowest BCUT2D eigenvalue weighted by atomic mass is 10.1. The normalized spacial score (nSPS) is 23.5. The number of ether oxygens (including phenoxy) is 2. The first-order valence-corrected chi connectivity index (χ1v) is 8.53. The van der Waals surface area contributed by atoms with Crippen LogP contribution in [0.1, 0.15) is 27.0 Å². The van der Waals surface area contributed by atoms with E-state index in [1.165, 1.54) is 0 Å². The van der Waals surface area contributed by atoms with E-state index in [2.05, 4.69) is 15.6 Å². The first-order chi connectivity index (χ1) is 13.3. The number of aromatic nitrogens is 2. The zero-order valence-electron chi connectivity index (χ0n) is 15.9. The van der Waals surface area contributed by atoms with Crippen LogP contribution < -0.4 is 16.3 Å². The summed E-state index contributed by atoms with van der Waals surface area (Å²) in [6.45, 7) is 3.59. The molecule has 0 spiro atoms. The second-order valence-electron chi connectivity index (χ2n) is 7.24. The molecule has 1 aromatic heterocycles. The Balaban J connectivity index is 2.02. The number of alkyl halides is 2. The number of halogens is 2. The average Bonchev–Trinajstić information content (AvgIpc) is 2.82. The van der Waals surface area contributed by atoms with Crippen molar-refractivity contribution >= 4 is 17.8 Å². The molecule has 2 amide bonds. The van der Waals surface area contributed by atoms with Crippen LogP contribution in [0.15, 0.2) is 17.1 Å². The molecule has 1 fully saturated rings. The van der Waals surface area contributed by atoms with Crippen molar-refractivity contribution in [2.45, 2.75) is 50.7 Å². The summed E-state index contributed by atoms with van der Waals surface area (Å²) >= 11 is 0. The monoisotopic (exact) mass is 420 g/mol. The average molecular weight is 420 g/mol. The fraction of sp³-hybridized carbons (Fsp3) is 0.625. The van der Waals surface area contributed by atoms with Crippen LogP contribution in [0.4, 0.5) is 19.4 Å². The minimum Gasteiger partial charge on any atom is -0.444 e. The summed E-state index contributed by atoms with van der Waals surface area (Å²) in [4.78, 5) is 38.9. The smallest absolute Gasteiger partial charge is 0.408 e. The molecule has 0 radical (unpaired) electrons. The van der Waals surface area contributed by atoms with Crippen molar-refractivity contribution in [2.24, 2.45) is 0 Å². The van der Waals surface area contributed by atoms with Crippen LogP contribution in [0.3, 0.4) is 0 Å². The maximum absolute atomic E-state index is 14.1. The number of amides is 2. The standard InChI is InChI=1S/C16H22F2N4O7/c1-15(2,3)29-14(27)19-6-10(24)20-9-4-5-22(13(26)21-9)12-16(17,18)11(25)8(7-23)28-12/h4-5,8,11-12,23,25H,6-7H2,1-3H3,(H,19,27)(H,20,21,24,26)/t8-,11-,12-/m1/s1. The SMILES string of the molecule is CC(C)(C)OC(=O)NCC(=O)Nc1ccn([C@@H]2O[C@H](CO)[C@@H](O)C2(F)F)c(=O)n1. The topological polar surface area (TPSA) is 152 Å². The van der Waals surface area contributed by atoms with Crippen molar-refractivity contribution in [3.05, 3.63) is 22.7 Å². The van der Waals surface area contributed by atoms with Gasteiger partial charge >= 0.3 is 17.7 Å². The van der Waals surface area contributed by atoms with Gasteiger partial charge in [-0.1, -0.05) is 0 Å². The number of aliphatic hydroxyl groups is 2. The Kier molecular flexibility index (Phi) is 6.55. The Morgan fingerprint density at radius 1 is 1.41 bits per heavy atom. The molecule has 1 aliphatic rings. The van der Waals surface area contributed by atoms with Crippen molar-refractivity contribution in [1.29, 1.82) is 0 Å². The minimum atomic E-state index is -3.85. The van der Waals surface area contributed by atoms with Gasteiger partial charge in [0.2, 0.25) is 12.1 Å². The summed E-state index contributed by atoms with van der Waals surface area (Å²) < 4.78 is 38.5. The van der Waals surface area contributed by atoms with Gasteiger partial charge in [0, 0.05) is 6.20 Å². The second kappa shape index (κ2) is 8.39. The van der Waals surface area contributed by atoms with Crippen LogP contribution in [0.5, 0.6) is 0 Å². The molecule has 0 aliphatic carbocycles. The highest BCUT2D eigenvalue weighted by Gasteiger charge is 2.59. The van der Waals surface area contributed by atoms with Gasteiger partial charge in [-0.25, -0.2) is 9.59 Å². The van der Waals surface area contributed by atoms with E-state index >= 15 is 0 Å². The molecule has 29 heavy (non-hydrogen) atoms. The van der Waals surface area contributed by atoms with E-state index in [0.717, 1.165) is 12.3 Å². The van der Waals surface area contributed by atoms with Gasteiger partial charge in [0.25, 0.3) is 0 Å². The van der Waals surface area contributed by atoms with Crippen molar-refractivity contribution in [2.75, 3.05) is 18.5 Å². The molecule has 0 aromatic carbocycles. The number of rotatable bonds is 5. The molecule has 1 aliphatic heterocycles. The third-order valence-electron chi connectivity index (χ3n) is 3.70. The molecule has 1 saturated heterocycles. The van der Waals surface area contributed by atoms with Gasteiger partial charge in [-0.3, -0.25) is 9.36 Å². The molecule has 11 nitrogen and oxygen atoms in total. The van der Waals surface area contributed by atoms with Crippen LogP contribution in [0.25, 0.3) is 0 Å². The molecule has 0 bridgehead atoms. The number of nitrogens with zero attached hydrogens (tertiary/aromatic N) is 2. The molecule has 1 aromatic rings. The van der Waals surface area contributed by atoms with E-state index in [9.17, 15) is 28.3 Å². The summed E-state index contributed by atoms with van der Waals surface area (Å²) in [6, 6.07) is 1.06. The number of carbonyl (C=O) groups is 2. The highest BCUT2D eigenvalue weighted by atomic mass is 19.3. The van der Waals surface area contributed by atoms with Gasteiger partial charge in [-0.05, 0) is 26.8 Å². The summed E-state index contributed by atoms with van der Waals surface area (Å²) in [7, 11) is 0. The Morgan fingerprint density at radius 3 is 2.59 bits per heavy atom. The molecule has 13 heteroatoms. The van der Waals surface area contributed by atoms with E-state index in [-0.39, 0.29) is 5.82 Å². The third-order valence-corrected chi connectivity index (χ3v) is 3.70. The Hall–Kier alpha value is -2.64. The van der Waals surface area contributed by atoms with Crippen LogP contribution in [0.2, 0.25) is 0 Å². The number of anilines is 1. The molecule has 4 N–H and O–H groups in total. The van der Waals surface area contributed by atoms with Crippen LogP contribution in [-0.2, 0) is 14.3 Å². The Bertz CT molecular complexity index is 824. The van der Waals surface area contributed by atoms with Crippen LogP contribution >= 0.6 is 0 Å². The van der Waals surface area contributed by atoms with E-state index in [0.29, 0.717) is 4.57 Å². The largest absolute Gasteiger partial charge is 0.444 e. The molecular weight excluding hydrogens is 398 g/mol. The number of nitrogens with one attached hydrogen (secondary N) is 2. The summed E-state index contributed by atoms with van der Waals surface area (Å²) in [5, 5.41) is 22.9. The Labute approximate surface area is 163 Å². The summed E-state index contributed by atoms with van der Waals surface area (Å²) in [5.41, 5.74) is -1.93. The highest BCUT2D eigenvalue weighted by Crippen LogP contribution is 2.41. The maximum atomic E-state index is 14.1. The molecule has 0 saturated carbocycles. The first-order valence-electron chi connectivity index (χ1n) is 8.53. The second-order valence-corrected chi connectivity index (χ2v) is 7.24. The number of carbonyl (C=O) groups excluding carboxylic acids is 2. The van der Waals surface area contributed by atoms with E-state index < -0.39 is 60.8 Å². The first kappa shape index (κ1) is 22.6. The van der Waals surface area contributed by atoms with Gasteiger partial charge in [0.15, 0.2) is 6.10 Å².